The number of nitrogens with one attached hydrogen (secondary N) is 1. The fraction of sp³-hybridized carbons (Fsp3) is 0.417. The van der Waals surface area contributed by atoms with Crippen LogP contribution in [0.15, 0.2) is 28.8 Å². The van der Waals surface area contributed by atoms with E-state index < -0.39 is 0 Å². The van der Waals surface area contributed by atoms with Gasteiger partial charge in [0.2, 0.25) is 0 Å². The molecule has 15 heavy (non-hydrogen) atoms. The lowest BCUT2D eigenvalue weighted by Gasteiger charge is -2.20. The van der Waals surface area contributed by atoms with Gasteiger partial charge in [-0.1, -0.05) is 17.3 Å². The molecule has 1 fully saturated rings. The second-order valence-corrected chi connectivity index (χ2v) is 4.11. The van der Waals surface area contributed by atoms with Crippen molar-refractivity contribution in [2.45, 2.75) is 18.8 Å². The summed E-state index contributed by atoms with van der Waals surface area (Å²) in [7, 11) is 0. The zero-order valence-electron chi connectivity index (χ0n) is 8.57. The zero-order chi connectivity index (χ0) is 10.1. The average molecular weight is 202 g/mol. The van der Waals surface area contributed by atoms with Crippen LogP contribution in [0.3, 0.4) is 0 Å². The van der Waals surface area contributed by atoms with Gasteiger partial charge < -0.3 is 9.84 Å². The van der Waals surface area contributed by atoms with Gasteiger partial charge in [-0.2, -0.15) is 0 Å². The molecule has 0 radical (unpaired) electrons. The van der Waals surface area contributed by atoms with Crippen molar-refractivity contribution in [3.8, 4) is 0 Å². The minimum absolute atomic E-state index is 0.516. The Morgan fingerprint density at radius 3 is 3.13 bits per heavy atom. The largest absolute Gasteiger partial charge is 0.356 e. The second kappa shape index (κ2) is 3.66. The monoisotopic (exact) mass is 202 g/mol. The molecule has 0 bridgehead atoms. The maximum Gasteiger partial charge on any atom is 0.167 e. The molecule has 1 N–H and O–H groups in total. The number of para-hydroxylation sites is 1. The van der Waals surface area contributed by atoms with Gasteiger partial charge in [0.15, 0.2) is 5.58 Å². The Kier molecular flexibility index (Phi) is 2.18. The molecule has 1 aromatic heterocycles. The molecule has 1 aromatic carbocycles. The first-order valence-electron chi connectivity index (χ1n) is 5.50. The zero-order valence-corrected chi connectivity index (χ0v) is 8.57. The van der Waals surface area contributed by atoms with Gasteiger partial charge in [-0.25, -0.2) is 0 Å². The van der Waals surface area contributed by atoms with Crippen molar-refractivity contribution in [3.63, 3.8) is 0 Å². The summed E-state index contributed by atoms with van der Waals surface area (Å²) in [6.07, 6.45) is 2.44. The third-order valence-electron chi connectivity index (χ3n) is 3.09. The van der Waals surface area contributed by atoms with Crippen LogP contribution in [-0.2, 0) is 0 Å². The summed E-state index contributed by atoms with van der Waals surface area (Å²) in [5, 5.41) is 8.78. The number of hydrogen-bond acceptors (Lipinski definition) is 3. The summed E-state index contributed by atoms with van der Waals surface area (Å²) >= 11 is 0. The molecule has 1 aliphatic heterocycles. The van der Waals surface area contributed by atoms with E-state index in [4.69, 9.17) is 4.52 Å². The lowest BCUT2D eigenvalue weighted by molar-refractivity contribution is 0.405. The van der Waals surface area contributed by atoms with Gasteiger partial charge in [-0.05, 0) is 31.5 Å². The quantitative estimate of drug-likeness (QED) is 0.771. The van der Waals surface area contributed by atoms with Gasteiger partial charge in [0.1, 0.15) is 0 Å². The highest BCUT2D eigenvalue weighted by Gasteiger charge is 2.20. The summed E-state index contributed by atoms with van der Waals surface area (Å²) in [4.78, 5) is 0. The SMILES string of the molecule is c1ccc2c(C3CCCNC3)noc2c1. The first kappa shape index (κ1) is 8.92. The van der Waals surface area contributed by atoms with Gasteiger partial charge in [-0.15, -0.1) is 0 Å². The molecular weight excluding hydrogens is 188 g/mol. The van der Waals surface area contributed by atoms with Crippen LogP contribution >= 0.6 is 0 Å². The van der Waals surface area contributed by atoms with E-state index in [1.807, 2.05) is 18.2 Å². The van der Waals surface area contributed by atoms with Crippen molar-refractivity contribution in [1.82, 2.24) is 10.5 Å². The van der Waals surface area contributed by atoms with E-state index in [2.05, 4.69) is 16.5 Å². The van der Waals surface area contributed by atoms with E-state index in [1.165, 1.54) is 18.2 Å². The molecule has 1 aliphatic rings. The highest BCUT2D eigenvalue weighted by Crippen LogP contribution is 2.28. The van der Waals surface area contributed by atoms with Gasteiger partial charge in [0.05, 0.1) is 5.69 Å². The Hall–Kier alpha value is -1.35. The first-order chi connectivity index (χ1) is 7.45. The molecule has 3 nitrogen and oxygen atoms in total. The van der Waals surface area contributed by atoms with E-state index in [1.54, 1.807) is 0 Å². The van der Waals surface area contributed by atoms with Crippen LogP contribution in [0.25, 0.3) is 11.0 Å². The number of piperidine rings is 1. The van der Waals surface area contributed by atoms with E-state index in [0.717, 1.165) is 24.4 Å². The molecule has 0 amide bonds. The molecule has 0 aliphatic carbocycles. The van der Waals surface area contributed by atoms with Crippen LogP contribution in [-0.4, -0.2) is 18.2 Å². The van der Waals surface area contributed by atoms with Crippen LogP contribution in [0.5, 0.6) is 0 Å². The Bertz CT molecular complexity index is 457. The Balaban J connectivity index is 2.02. The van der Waals surface area contributed by atoms with Gasteiger partial charge >= 0.3 is 0 Å². The number of benzene rings is 1. The number of rotatable bonds is 1. The van der Waals surface area contributed by atoms with Crippen molar-refractivity contribution in [2.24, 2.45) is 0 Å². The molecule has 1 unspecified atom stereocenters. The van der Waals surface area contributed by atoms with Crippen molar-refractivity contribution in [3.05, 3.63) is 30.0 Å². The third kappa shape index (κ3) is 1.53. The molecular formula is C12H14N2O. The third-order valence-corrected chi connectivity index (χ3v) is 3.09. The number of hydrogen-bond donors (Lipinski definition) is 1. The molecule has 1 saturated heterocycles. The molecule has 0 saturated carbocycles. The van der Waals surface area contributed by atoms with Gasteiger partial charge in [-0.3, -0.25) is 0 Å². The van der Waals surface area contributed by atoms with Crippen LogP contribution in [0.2, 0.25) is 0 Å². The minimum atomic E-state index is 0.516. The molecule has 2 aromatic rings. The molecule has 3 heteroatoms. The Morgan fingerprint density at radius 2 is 2.27 bits per heavy atom. The van der Waals surface area contributed by atoms with Crippen LogP contribution in [0.4, 0.5) is 0 Å². The first-order valence-corrected chi connectivity index (χ1v) is 5.50. The van der Waals surface area contributed by atoms with Gasteiger partial charge in [0, 0.05) is 17.8 Å². The summed E-state index contributed by atoms with van der Waals surface area (Å²) in [6.45, 7) is 2.16. The van der Waals surface area contributed by atoms with E-state index in [9.17, 15) is 0 Å². The summed E-state index contributed by atoms with van der Waals surface area (Å²) in [5.41, 5.74) is 2.02. The number of nitrogens with zero attached hydrogens (tertiary/aromatic N) is 1. The predicted molar refractivity (Wildman–Crippen MR) is 58.9 cm³/mol. The molecule has 78 valence electrons. The fourth-order valence-electron chi connectivity index (χ4n) is 2.29. The Labute approximate surface area is 88.4 Å². The van der Waals surface area contributed by atoms with Crippen LogP contribution < -0.4 is 5.32 Å². The lowest BCUT2D eigenvalue weighted by atomic mass is 9.94. The molecule has 0 spiro atoms. The van der Waals surface area contributed by atoms with E-state index >= 15 is 0 Å². The lowest BCUT2D eigenvalue weighted by Crippen LogP contribution is -2.28. The maximum absolute atomic E-state index is 5.32. The van der Waals surface area contributed by atoms with E-state index in [0.29, 0.717) is 5.92 Å². The summed E-state index contributed by atoms with van der Waals surface area (Å²) in [6, 6.07) is 8.09. The molecule has 2 heterocycles. The number of fused-ring (bicyclic) bond motifs is 1. The predicted octanol–water partition coefficient (Wildman–Crippen LogP) is 2.29. The Morgan fingerprint density at radius 1 is 1.33 bits per heavy atom. The van der Waals surface area contributed by atoms with Crippen molar-refractivity contribution >= 4 is 11.0 Å². The highest BCUT2D eigenvalue weighted by molar-refractivity contribution is 5.79. The van der Waals surface area contributed by atoms with Crippen molar-refractivity contribution < 1.29 is 4.52 Å². The molecule has 1 atom stereocenters. The fourth-order valence-corrected chi connectivity index (χ4v) is 2.29. The van der Waals surface area contributed by atoms with Crippen LogP contribution in [0.1, 0.15) is 24.5 Å². The van der Waals surface area contributed by atoms with Crippen molar-refractivity contribution in [1.29, 1.82) is 0 Å². The molecule has 3 rings (SSSR count). The second-order valence-electron chi connectivity index (χ2n) is 4.11. The minimum Gasteiger partial charge on any atom is -0.356 e. The standard InChI is InChI=1S/C12H14N2O/c1-2-6-11-10(5-1)12(14-15-11)9-4-3-7-13-8-9/h1-2,5-6,9,13H,3-4,7-8H2. The average Bonchev–Trinajstić information content (AvgIpc) is 2.74. The topological polar surface area (TPSA) is 38.1 Å². The highest BCUT2D eigenvalue weighted by atomic mass is 16.5. The van der Waals surface area contributed by atoms with Crippen LogP contribution in [0, 0.1) is 0 Å². The van der Waals surface area contributed by atoms with Crippen molar-refractivity contribution in [2.75, 3.05) is 13.1 Å². The van der Waals surface area contributed by atoms with Gasteiger partial charge in [0.25, 0.3) is 0 Å². The number of aromatic nitrogens is 1. The smallest absolute Gasteiger partial charge is 0.167 e. The summed E-state index contributed by atoms with van der Waals surface area (Å²) in [5.74, 6) is 0.516. The van der Waals surface area contributed by atoms with E-state index in [-0.39, 0.29) is 0 Å². The summed E-state index contributed by atoms with van der Waals surface area (Å²) < 4.78 is 5.32. The normalized spacial score (nSPS) is 22.0. The maximum atomic E-state index is 5.32.